The molecule has 1 amide bonds. The number of ether oxygens (including phenoxy) is 3. The van der Waals surface area contributed by atoms with Gasteiger partial charge in [-0.25, -0.2) is 9.37 Å². The number of halogens is 1. The van der Waals surface area contributed by atoms with Crippen molar-refractivity contribution in [3.05, 3.63) is 71.7 Å². The zero-order valence-electron chi connectivity index (χ0n) is 18.8. The summed E-state index contributed by atoms with van der Waals surface area (Å²) in [5.74, 6) is 2.03. The zero-order valence-corrected chi connectivity index (χ0v) is 18.8. The lowest BCUT2D eigenvalue weighted by Gasteiger charge is -2.33. The first-order chi connectivity index (χ1) is 16.1. The van der Waals surface area contributed by atoms with Crippen LogP contribution in [0.2, 0.25) is 0 Å². The summed E-state index contributed by atoms with van der Waals surface area (Å²) >= 11 is 0. The van der Waals surface area contributed by atoms with Crippen molar-refractivity contribution >= 4 is 5.91 Å². The Labute approximate surface area is 192 Å². The first-order valence-corrected chi connectivity index (χ1v) is 10.9. The minimum Gasteiger partial charge on any atom is -0.493 e. The summed E-state index contributed by atoms with van der Waals surface area (Å²) in [6.45, 7) is 0.432. The highest BCUT2D eigenvalue weighted by molar-refractivity contribution is 5.78. The van der Waals surface area contributed by atoms with Crippen molar-refractivity contribution in [2.75, 3.05) is 27.4 Å². The maximum Gasteiger partial charge on any atom is 0.261 e. The number of aromatic nitrogens is 1. The molecule has 4 rings (SSSR count). The molecule has 1 aliphatic heterocycles. The monoisotopic (exact) mass is 454 g/mol. The number of carbonyl (C=O) groups is 1. The normalized spacial score (nSPS) is 15.8. The van der Waals surface area contributed by atoms with Crippen molar-refractivity contribution < 1.29 is 27.8 Å². The van der Waals surface area contributed by atoms with Crippen LogP contribution >= 0.6 is 0 Å². The van der Waals surface area contributed by atoms with Crippen molar-refractivity contribution in [1.29, 1.82) is 0 Å². The summed E-state index contributed by atoms with van der Waals surface area (Å²) in [6.07, 6.45) is 4.70. The van der Waals surface area contributed by atoms with Crippen LogP contribution < -0.4 is 14.2 Å². The maximum absolute atomic E-state index is 13.5. The molecule has 174 valence electrons. The number of amides is 1. The fraction of sp³-hybridized carbons (Fsp3) is 0.360. The molecule has 0 saturated carbocycles. The predicted molar refractivity (Wildman–Crippen MR) is 119 cm³/mol. The Morgan fingerprint density at radius 2 is 1.91 bits per heavy atom. The molecule has 2 aromatic carbocycles. The highest BCUT2D eigenvalue weighted by Gasteiger charge is 2.32. The van der Waals surface area contributed by atoms with Gasteiger partial charge in [0.2, 0.25) is 11.6 Å². The van der Waals surface area contributed by atoms with Gasteiger partial charge in [0.15, 0.2) is 18.1 Å². The second-order valence-electron chi connectivity index (χ2n) is 7.85. The van der Waals surface area contributed by atoms with Crippen molar-refractivity contribution in [2.24, 2.45) is 0 Å². The van der Waals surface area contributed by atoms with E-state index in [4.69, 9.17) is 18.6 Å². The number of benzene rings is 2. The quantitative estimate of drug-likeness (QED) is 0.497. The van der Waals surface area contributed by atoms with E-state index in [1.165, 1.54) is 26.4 Å². The zero-order chi connectivity index (χ0) is 23.2. The van der Waals surface area contributed by atoms with Crippen LogP contribution in [0.4, 0.5) is 4.39 Å². The summed E-state index contributed by atoms with van der Waals surface area (Å²) in [5, 5.41) is 0. The van der Waals surface area contributed by atoms with Gasteiger partial charge < -0.3 is 23.5 Å². The first-order valence-electron chi connectivity index (χ1n) is 10.9. The molecule has 0 N–H and O–H groups in total. The van der Waals surface area contributed by atoms with Crippen molar-refractivity contribution in [2.45, 2.75) is 31.7 Å². The largest absolute Gasteiger partial charge is 0.493 e. The van der Waals surface area contributed by atoms with Gasteiger partial charge in [0.1, 0.15) is 17.6 Å². The molecule has 1 aromatic heterocycles. The van der Waals surface area contributed by atoms with E-state index in [0.717, 1.165) is 24.8 Å². The van der Waals surface area contributed by atoms with Gasteiger partial charge in [0.25, 0.3) is 5.91 Å². The molecular weight excluding hydrogens is 427 g/mol. The molecule has 0 aliphatic carbocycles. The molecule has 0 spiro atoms. The lowest BCUT2D eigenvalue weighted by molar-refractivity contribution is -0.137. The topological polar surface area (TPSA) is 74.0 Å². The fourth-order valence-corrected chi connectivity index (χ4v) is 4.07. The second kappa shape index (κ2) is 10.4. The molecule has 3 aromatic rings. The summed E-state index contributed by atoms with van der Waals surface area (Å²) in [6, 6.07) is 11.4. The SMILES string of the molecule is COc1cccc(OC)c1OCC(=O)N1CCCC[C@@H]1c1ncc(Cc2cccc(F)c2)o1. The van der Waals surface area contributed by atoms with Gasteiger partial charge in [-0.15, -0.1) is 0 Å². The number of hydrogen-bond acceptors (Lipinski definition) is 6. The Morgan fingerprint density at radius 3 is 2.64 bits per heavy atom. The van der Waals surface area contributed by atoms with E-state index in [9.17, 15) is 9.18 Å². The van der Waals surface area contributed by atoms with Crippen LogP contribution in [-0.4, -0.2) is 43.2 Å². The molecule has 33 heavy (non-hydrogen) atoms. The lowest BCUT2D eigenvalue weighted by Crippen LogP contribution is -2.41. The van der Waals surface area contributed by atoms with Crippen molar-refractivity contribution in [3.63, 3.8) is 0 Å². The summed E-state index contributed by atoms with van der Waals surface area (Å²) in [5.41, 5.74) is 0.799. The van der Waals surface area contributed by atoms with Crippen LogP contribution in [0.5, 0.6) is 17.2 Å². The smallest absolute Gasteiger partial charge is 0.261 e. The standard InChI is InChI=1S/C25H27FN2O5/c1-30-21-10-6-11-22(31-2)24(21)32-16-23(29)28-12-4-3-9-20(28)25-27-15-19(33-25)14-17-7-5-8-18(26)13-17/h5-8,10-11,13,15,20H,3-4,9,12,14,16H2,1-2H3/t20-/m1/s1. The number of hydrogen-bond donors (Lipinski definition) is 0. The second-order valence-corrected chi connectivity index (χ2v) is 7.85. The van der Waals surface area contributed by atoms with Gasteiger partial charge in [-0.1, -0.05) is 18.2 Å². The Hall–Kier alpha value is -3.55. The number of methoxy groups -OCH3 is 2. The van der Waals surface area contributed by atoms with Crippen LogP contribution in [0.1, 0.15) is 42.5 Å². The lowest BCUT2D eigenvalue weighted by atomic mass is 10.0. The molecule has 0 bridgehead atoms. The van der Waals surface area contributed by atoms with Gasteiger partial charge in [0.05, 0.1) is 20.4 Å². The van der Waals surface area contributed by atoms with E-state index >= 15 is 0 Å². The number of oxazole rings is 1. The van der Waals surface area contributed by atoms with Crippen LogP contribution in [0, 0.1) is 5.82 Å². The predicted octanol–water partition coefficient (Wildman–Crippen LogP) is 4.55. The Morgan fingerprint density at radius 1 is 1.15 bits per heavy atom. The fourth-order valence-electron chi connectivity index (χ4n) is 4.07. The highest BCUT2D eigenvalue weighted by atomic mass is 19.1. The maximum atomic E-state index is 13.5. The number of piperidine rings is 1. The average Bonchev–Trinajstić information content (AvgIpc) is 3.30. The average molecular weight is 454 g/mol. The Bertz CT molecular complexity index is 1080. The van der Waals surface area contributed by atoms with Gasteiger partial charge in [-0.3, -0.25) is 4.79 Å². The Kier molecular flexibility index (Phi) is 7.12. The third-order valence-electron chi connectivity index (χ3n) is 5.67. The summed E-state index contributed by atoms with van der Waals surface area (Å²) in [7, 11) is 3.07. The number of para-hydroxylation sites is 1. The minimum atomic E-state index is -0.289. The van der Waals surface area contributed by atoms with Gasteiger partial charge in [-0.2, -0.15) is 0 Å². The van der Waals surface area contributed by atoms with Gasteiger partial charge in [0, 0.05) is 13.0 Å². The number of nitrogens with zero attached hydrogens (tertiary/aromatic N) is 2. The minimum absolute atomic E-state index is 0.163. The third kappa shape index (κ3) is 5.27. The molecule has 1 atom stereocenters. The molecule has 0 radical (unpaired) electrons. The number of carbonyl (C=O) groups excluding carboxylic acids is 1. The molecule has 1 aliphatic rings. The van der Waals surface area contributed by atoms with Crippen molar-refractivity contribution in [1.82, 2.24) is 9.88 Å². The van der Waals surface area contributed by atoms with Crippen LogP contribution in [0.25, 0.3) is 0 Å². The molecule has 7 nitrogen and oxygen atoms in total. The molecule has 8 heteroatoms. The molecular formula is C25H27FN2O5. The molecule has 1 saturated heterocycles. The van der Waals surface area contributed by atoms with E-state index in [2.05, 4.69) is 4.98 Å². The molecule has 1 fully saturated rings. The summed E-state index contributed by atoms with van der Waals surface area (Å²) in [4.78, 5) is 19.3. The van der Waals surface area contributed by atoms with E-state index in [-0.39, 0.29) is 24.4 Å². The molecule has 0 unspecified atom stereocenters. The number of rotatable bonds is 8. The van der Waals surface area contributed by atoms with Crippen LogP contribution in [0.15, 0.2) is 53.1 Å². The van der Waals surface area contributed by atoms with E-state index in [1.54, 1.807) is 35.4 Å². The van der Waals surface area contributed by atoms with Gasteiger partial charge >= 0.3 is 0 Å². The number of likely N-dealkylation sites (tertiary alicyclic amines) is 1. The van der Waals surface area contributed by atoms with Crippen molar-refractivity contribution in [3.8, 4) is 17.2 Å². The van der Waals surface area contributed by atoms with E-state index < -0.39 is 0 Å². The first kappa shape index (κ1) is 22.6. The third-order valence-corrected chi connectivity index (χ3v) is 5.67. The van der Waals surface area contributed by atoms with E-state index in [0.29, 0.717) is 41.9 Å². The molecule has 2 heterocycles. The van der Waals surface area contributed by atoms with Gasteiger partial charge in [-0.05, 0) is 49.1 Å². The van der Waals surface area contributed by atoms with Crippen LogP contribution in [0.3, 0.4) is 0 Å². The Balaban J connectivity index is 1.46. The van der Waals surface area contributed by atoms with E-state index in [1.807, 2.05) is 6.07 Å². The highest BCUT2D eigenvalue weighted by Crippen LogP contribution is 2.37. The van der Waals surface area contributed by atoms with Crippen LogP contribution in [-0.2, 0) is 11.2 Å². The summed E-state index contributed by atoms with van der Waals surface area (Å²) < 4.78 is 35.9.